The van der Waals surface area contributed by atoms with Crippen LogP contribution in [0, 0.1) is 0 Å². The minimum Gasteiger partial charge on any atom is -0.464 e. The maximum atomic E-state index is 12.2. The van der Waals surface area contributed by atoms with Crippen molar-refractivity contribution in [3.8, 4) is 5.75 Å². The molecule has 0 atom stereocenters. The van der Waals surface area contributed by atoms with E-state index in [0.717, 1.165) is 5.57 Å². The number of Topliss-reactive ketones (excluding diaryl/α,β-unsaturated/α-hetero) is 1. The number of nitrogens with one attached hydrogen (secondary N) is 1. The molecule has 2 aliphatic rings. The number of para-hydroxylation sites is 1. The number of rotatable bonds is 0. The first kappa shape index (κ1) is 8.97. The van der Waals surface area contributed by atoms with Gasteiger partial charge in [0.25, 0.3) is 0 Å². The van der Waals surface area contributed by atoms with Crippen molar-refractivity contribution in [3.63, 3.8) is 0 Å². The van der Waals surface area contributed by atoms with E-state index in [9.17, 15) is 4.79 Å². The molecular weight excluding hydrogens is 202 g/mol. The van der Waals surface area contributed by atoms with E-state index in [2.05, 4.69) is 5.32 Å². The highest BCUT2D eigenvalue weighted by atomic mass is 16.5. The molecule has 3 rings (SSSR count). The van der Waals surface area contributed by atoms with Crippen LogP contribution in [0.3, 0.4) is 0 Å². The molecule has 2 aliphatic heterocycles. The number of hydrogen-bond donors (Lipinski definition) is 1. The molecule has 0 fully saturated rings. The summed E-state index contributed by atoms with van der Waals surface area (Å²) in [4.78, 5) is 12.2. The molecule has 3 nitrogen and oxygen atoms in total. The summed E-state index contributed by atoms with van der Waals surface area (Å²) in [6.45, 7) is 0. The van der Waals surface area contributed by atoms with Gasteiger partial charge in [-0.25, -0.2) is 0 Å². The minimum atomic E-state index is -0.0174. The maximum absolute atomic E-state index is 12.2. The van der Waals surface area contributed by atoms with Gasteiger partial charge < -0.3 is 10.1 Å². The molecule has 0 radical (unpaired) electrons. The zero-order valence-electron chi connectivity index (χ0n) is 8.44. The number of fused-ring (bicyclic) bond motifs is 2. The second-order valence-electron chi connectivity index (χ2n) is 3.57. The molecule has 0 aromatic heterocycles. The third kappa shape index (κ3) is 1.26. The molecule has 0 aliphatic carbocycles. The maximum Gasteiger partial charge on any atom is 0.198 e. The Morgan fingerprint density at radius 2 is 2.06 bits per heavy atom. The lowest BCUT2D eigenvalue weighted by Gasteiger charge is -2.08. The summed E-state index contributed by atoms with van der Waals surface area (Å²) in [5, 5.41) is 2.91. The van der Waals surface area contributed by atoms with Gasteiger partial charge in [-0.05, 0) is 18.2 Å². The van der Waals surface area contributed by atoms with E-state index in [0.29, 0.717) is 16.9 Å². The van der Waals surface area contributed by atoms with E-state index in [1.807, 2.05) is 18.2 Å². The summed E-state index contributed by atoms with van der Waals surface area (Å²) >= 11 is 0. The Morgan fingerprint density at radius 1 is 1.19 bits per heavy atom. The van der Waals surface area contributed by atoms with Crippen LogP contribution in [0.25, 0.3) is 0 Å². The van der Waals surface area contributed by atoms with Crippen LogP contribution in [0.4, 0.5) is 0 Å². The van der Waals surface area contributed by atoms with E-state index < -0.39 is 0 Å². The van der Waals surface area contributed by atoms with Crippen LogP contribution in [0.2, 0.25) is 0 Å². The van der Waals surface area contributed by atoms with Gasteiger partial charge in [-0.15, -0.1) is 0 Å². The van der Waals surface area contributed by atoms with Gasteiger partial charge in [0.15, 0.2) is 5.78 Å². The SMILES string of the molecule is O=C1C2=CNC=CC2=COc2ccccc21. The Hall–Kier alpha value is -2.29. The van der Waals surface area contributed by atoms with Gasteiger partial charge in [-0.3, -0.25) is 4.79 Å². The van der Waals surface area contributed by atoms with Gasteiger partial charge in [0, 0.05) is 23.5 Å². The molecule has 1 N–H and O–H groups in total. The largest absolute Gasteiger partial charge is 0.464 e. The van der Waals surface area contributed by atoms with Gasteiger partial charge >= 0.3 is 0 Å². The minimum absolute atomic E-state index is 0.0174. The molecular formula is C13H9NO2. The monoisotopic (exact) mass is 211 g/mol. The fraction of sp³-hybridized carbons (Fsp3) is 0. The quantitative estimate of drug-likeness (QED) is 0.714. The van der Waals surface area contributed by atoms with Crippen molar-refractivity contribution < 1.29 is 9.53 Å². The van der Waals surface area contributed by atoms with Crippen LogP contribution in [0.15, 0.2) is 60.1 Å². The number of benzene rings is 1. The molecule has 2 heterocycles. The molecule has 0 spiro atoms. The van der Waals surface area contributed by atoms with Crippen molar-refractivity contribution in [2.75, 3.05) is 0 Å². The van der Waals surface area contributed by atoms with Crippen LogP contribution in [-0.4, -0.2) is 5.78 Å². The van der Waals surface area contributed by atoms with Crippen molar-refractivity contribution in [3.05, 3.63) is 65.7 Å². The molecule has 78 valence electrons. The molecule has 0 saturated heterocycles. The lowest BCUT2D eigenvalue weighted by molar-refractivity contribution is 0.103. The Morgan fingerprint density at radius 3 is 3.00 bits per heavy atom. The van der Waals surface area contributed by atoms with Gasteiger partial charge in [-0.2, -0.15) is 0 Å². The summed E-state index contributed by atoms with van der Waals surface area (Å²) in [6, 6.07) is 7.24. The Labute approximate surface area is 92.7 Å². The number of dihydropyridines is 1. The second kappa shape index (κ2) is 3.38. The molecule has 16 heavy (non-hydrogen) atoms. The van der Waals surface area contributed by atoms with Crippen molar-refractivity contribution in [2.24, 2.45) is 0 Å². The summed E-state index contributed by atoms with van der Waals surface area (Å²) in [5.41, 5.74) is 2.02. The topological polar surface area (TPSA) is 38.3 Å². The van der Waals surface area contributed by atoms with Crippen LogP contribution in [0.5, 0.6) is 5.75 Å². The predicted octanol–water partition coefficient (Wildman–Crippen LogP) is 2.15. The fourth-order valence-corrected chi connectivity index (χ4v) is 1.77. The average Bonchev–Trinajstić information content (AvgIpc) is 2.49. The highest BCUT2D eigenvalue weighted by Crippen LogP contribution is 2.29. The van der Waals surface area contributed by atoms with E-state index in [1.54, 1.807) is 30.8 Å². The molecule has 1 aromatic rings. The van der Waals surface area contributed by atoms with Crippen molar-refractivity contribution in [1.29, 1.82) is 0 Å². The highest BCUT2D eigenvalue weighted by Gasteiger charge is 2.23. The summed E-state index contributed by atoms with van der Waals surface area (Å²) in [6.07, 6.45) is 6.88. The smallest absolute Gasteiger partial charge is 0.198 e. The van der Waals surface area contributed by atoms with Gasteiger partial charge in [0.2, 0.25) is 0 Å². The number of ether oxygens (including phenoxy) is 1. The number of allylic oxidation sites excluding steroid dienone is 3. The first-order chi connectivity index (χ1) is 7.86. The summed E-state index contributed by atoms with van der Waals surface area (Å²) in [7, 11) is 0. The molecule has 0 saturated carbocycles. The summed E-state index contributed by atoms with van der Waals surface area (Å²) < 4.78 is 5.49. The number of ketones is 1. The third-order valence-corrected chi connectivity index (χ3v) is 2.59. The van der Waals surface area contributed by atoms with Gasteiger partial charge in [0.05, 0.1) is 11.8 Å². The van der Waals surface area contributed by atoms with Crippen molar-refractivity contribution >= 4 is 5.78 Å². The van der Waals surface area contributed by atoms with Gasteiger partial charge in [-0.1, -0.05) is 12.1 Å². The Kier molecular flexibility index (Phi) is 1.90. The first-order valence-electron chi connectivity index (χ1n) is 5.00. The lowest BCUT2D eigenvalue weighted by Crippen LogP contribution is -2.11. The van der Waals surface area contributed by atoms with Crippen LogP contribution in [0.1, 0.15) is 10.4 Å². The van der Waals surface area contributed by atoms with E-state index in [-0.39, 0.29) is 5.78 Å². The molecule has 0 unspecified atom stereocenters. The van der Waals surface area contributed by atoms with Crippen LogP contribution >= 0.6 is 0 Å². The fourth-order valence-electron chi connectivity index (χ4n) is 1.77. The van der Waals surface area contributed by atoms with Crippen molar-refractivity contribution in [2.45, 2.75) is 0 Å². The Balaban J connectivity index is 2.18. The normalized spacial score (nSPS) is 17.1. The average molecular weight is 211 g/mol. The predicted molar refractivity (Wildman–Crippen MR) is 59.8 cm³/mol. The highest BCUT2D eigenvalue weighted by molar-refractivity contribution is 6.14. The molecule has 3 heteroatoms. The van der Waals surface area contributed by atoms with Crippen LogP contribution < -0.4 is 10.1 Å². The van der Waals surface area contributed by atoms with Gasteiger partial charge in [0.1, 0.15) is 5.75 Å². The lowest BCUT2D eigenvalue weighted by atomic mass is 9.97. The Bertz CT molecular complexity index is 553. The first-order valence-corrected chi connectivity index (χ1v) is 5.00. The zero-order valence-corrected chi connectivity index (χ0v) is 8.44. The molecule has 1 aromatic carbocycles. The zero-order chi connectivity index (χ0) is 11.0. The van der Waals surface area contributed by atoms with E-state index >= 15 is 0 Å². The second-order valence-corrected chi connectivity index (χ2v) is 3.57. The number of carbonyl (C=O) groups is 1. The third-order valence-electron chi connectivity index (χ3n) is 2.59. The van der Waals surface area contributed by atoms with Crippen molar-refractivity contribution in [1.82, 2.24) is 5.32 Å². The number of hydrogen-bond acceptors (Lipinski definition) is 3. The van der Waals surface area contributed by atoms with E-state index in [1.165, 1.54) is 0 Å². The standard InChI is InChI=1S/C13H9NO2/c15-13-10-3-1-2-4-12(10)16-8-9-5-6-14-7-11(9)13/h1-8,14H. The number of carbonyl (C=O) groups excluding carboxylic acids is 1. The van der Waals surface area contributed by atoms with Crippen LogP contribution in [-0.2, 0) is 0 Å². The van der Waals surface area contributed by atoms with E-state index in [4.69, 9.17) is 4.74 Å². The summed E-state index contributed by atoms with van der Waals surface area (Å²) in [5.74, 6) is 0.583. The molecule has 0 bridgehead atoms. The molecule has 0 amide bonds.